The molecular formula is C8H11N3. The number of anilines is 2. The molecule has 0 saturated carbocycles. The Morgan fingerprint density at radius 3 is 2.82 bits per heavy atom. The Balaban J connectivity index is 2.43. The Kier molecular flexibility index (Phi) is 1.26. The predicted octanol–water partition coefficient (Wildman–Crippen LogP) is 1.07. The van der Waals surface area contributed by atoms with Crippen LogP contribution in [0.2, 0.25) is 0 Å². The standard InChI is InChI=1S/C8H11N3/c1-5-2-3-6-7(4-5)11-8(9)10-6/h2-4,8,10-11H,9H2,1H3. The Morgan fingerprint density at radius 1 is 1.27 bits per heavy atom. The number of benzene rings is 1. The summed E-state index contributed by atoms with van der Waals surface area (Å²) < 4.78 is 0. The third-order valence-corrected chi connectivity index (χ3v) is 1.80. The maximum Gasteiger partial charge on any atom is 0.150 e. The van der Waals surface area contributed by atoms with E-state index in [0.29, 0.717) is 0 Å². The highest BCUT2D eigenvalue weighted by Crippen LogP contribution is 2.27. The molecule has 4 N–H and O–H groups in total. The normalized spacial score (nSPS) is 20.4. The molecule has 3 heteroatoms. The lowest BCUT2D eigenvalue weighted by Gasteiger charge is -2.01. The van der Waals surface area contributed by atoms with Crippen molar-refractivity contribution in [3.05, 3.63) is 23.8 Å². The first kappa shape index (κ1) is 6.49. The average molecular weight is 149 g/mol. The highest BCUT2D eigenvalue weighted by Gasteiger charge is 2.14. The summed E-state index contributed by atoms with van der Waals surface area (Å²) in [4.78, 5) is 0. The quantitative estimate of drug-likeness (QED) is 0.517. The van der Waals surface area contributed by atoms with Crippen LogP contribution in [0.4, 0.5) is 11.4 Å². The summed E-state index contributed by atoms with van der Waals surface area (Å²) in [6, 6.07) is 6.17. The second-order valence-electron chi connectivity index (χ2n) is 2.82. The van der Waals surface area contributed by atoms with Crippen LogP contribution in [-0.2, 0) is 0 Å². The van der Waals surface area contributed by atoms with E-state index in [1.807, 2.05) is 6.07 Å². The van der Waals surface area contributed by atoms with Crippen molar-refractivity contribution in [2.45, 2.75) is 13.2 Å². The van der Waals surface area contributed by atoms with Gasteiger partial charge < -0.3 is 10.6 Å². The molecule has 0 radical (unpaired) electrons. The zero-order chi connectivity index (χ0) is 7.84. The van der Waals surface area contributed by atoms with Crippen LogP contribution in [0.3, 0.4) is 0 Å². The third-order valence-electron chi connectivity index (χ3n) is 1.80. The second kappa shape index (κ2) is 2.13. The molecule has 0 fully saturated rings. The molecule has 0 spiro atoms. The van der Waals surface area contributed by atoms with Gasteiger partial charge in [-0.1, -0.05) is 6.07 Å². The molecule has 0 aromatic heterocycles. The Morgan fingerprint density at radius 2 is 2.00 bits per heavy atom. The number of hydrogen-bond donors (Lipinski definition) is 3. The Hall–Kier alpha value is -1.22. The molecule has 1 heterocycles. The minimum Gasteiger partial charge on any atom is -0.352 e. The number of nitrogens with two attached hydrogens (primary N) is 1. The van der Waals surface area contributed by atoms with E-state index in [1.165, 1.54) is 5.56 Å². The summed E-state index contributed by atoms with van der Waals surface area (Å²) in [6.45, 7) is 2.06. The molecule has 1 atom stereocenters. The number of aryl methyl sites for hydroxylation is 1. The minimum atomic E-state index is -0.133. The van der Waals surface area contributed by atoms with E-state index < -0.39 is 0 Å². The van der Waals surface area contributed by atoms with Gasteiger partial charge in [0.15, 0.2) is 6.29 Å². The van der Waals surface area contributed by atoms with E-state index in [2.05, 4.69) is 29.7 Å². The smallest absolute Gasteiger partial charge is 0.150 e. The van der Waals surface area contributed by atoms with Crippen molar-refractivity contribution in [1.29, 1.82) is 0 Å². The van der Waals surface area contributed by atoms with Gasteiger partial charge in [-0.15, -0.1) is 0 Å². The van der Waals surface area contributed by atoms with Crippen LogP contribution in [0.5, 0.6) is 0 Å². The van der Waals surface area contributed by atoms with Gasteiger partial charge in [-0.2, -0.15) is 0 Å². The van der Waals surface area contributed by atoms with Crippen LogP contribution in [0, 0.1) is 6.92 Å². The SMILES string of the molecule is Cc1ccc2c(c1)NC(N)N2. The lowest BCUT2D eigenvalue weighted by Crippen LogP contribution is -2.31. The monoisotopic (exact) mass is 149 g/mol. The fraction of sp³-hybridized carbons (Fsp3) is 0.250. The summed E-state index contributed by atoms with van der Waals surface area (Å²) >= 11 is 0. The van der Waals surface area contributed by atoms with E-state index in [-0.39, 0.29) is 6.29 Å². The molecule has 1 aromatic carbocycles. The van der Waals surface area contributed by atoms with Gasteiger partial charge in [0, 0.05) is 0 Å². The summed E-state index contributed by atoms with van der Waals surface area (Å²) in [5.41, 5.74) is 9.04. The molecule has 3 nitrogen and oxygen atoms in total. The summed E-state index contributed by atoms with van der Waals surface area (Å²) in [5.74, 6) is 0. The highest BCUT2D eigenvalue weighted by molar-refractivity contribution is 5.74. The first-order chi connectivity index (χ1) is 5.25. The molecule has 1 aliphatic rings. The van der Waals surface area contributed by atoms with Gasteiger partial charge >= 0.3 is 0 Å². The van der Waals surface area contributed by atoms with Gasteiger partial charge in [0.1, 0.15) is 0 Å². The van der Waals surface area contributed by atoms with Crippen LogP contribution in [0.15, 0.2) is 18.2 Å². The van der Waals surface area contributed by atoms with Crippen LogP contribution in [-0.4, -0.2) is 6.29 Å². The molecule has 2 rings (SSSR count). The second-order valence-corrected chi connectivity index (χ2v) is 2.82. The molecule has 0 saturated heterocycles. The van der Waals surface area contributed by atoms with Crippen molar-refractivity contribution in [3.8, 4) is 0 Å². The van der Waals surface area contributed by atoms with Gasteiger partial charge in [0.2, 0.25) is 0 Å². The lowest BCUT2D eigenvalue weighted by atomic mass is 10.2. The van der Waals surface area contributed by atoms with Crippen molar-refractivity contribution in [1.82, 2.24) is 0 Å². The maximum atomic E-state index is 5.61. The molecule has 0 amide bonds. The number of hydrogen-bond acceptors (Lipinski definition) is 3. The van der Waals surface area contributed by atoms with Crippen LogP contribution in [0.25, 0.3) is 0 Å². The van der Waals surface area contributed by atoms with Crippen LogP contribution >= 0.6 is 0 Å². The Labute approximate surface area is 65.6 Å². The predicted molar refractivity (Wildman–Crippen MR) is 46.4 cm³/mol. The van der Waals surface area contributed by atoms with E-state index in [1.54, 1.807) is 0 Å². The summed E-state index contributed by atoms with van der Waals surface area (Å²) in [6.07, 6.45) is -0.133. The van der Waals surface area contributed by atoms with Crippen LogP contribution in [0.1, 0.15) is 5.56 Å². The van der Waals surface area contributed by atoms with Gasteiger partial charge in [0.05, 0.1) is 11.4 Å². The Bertz CT molecular complexity index is 283. The minimum absolute atomic E-state index is 0.133. The van der Waals surface area contributed by atoms with Gasteiger partial charge in [0.25, 0.3) is 0 Å². The zero-order valence-corrected chi connectivity index (χ0v) is 6.39. The fourth-order valence-electron chi connectivity index (χ4n) is 1.27. The fourth-order valence-corrected chi connectivity index (χ4v) is 1.27. The first-order valence-electron chi connectivity index (χ1n) is 3.65. The molecule has 0 bridgehead atoms. The molecule has 0 aliphatic carbocycles. The number of fused-ring (bicyclic) bond motifs is 1. The van der Waals surface area contributed by atoms with Crippen molar-refractivity contribution >= 4 is 11.4 Å². The van der Waals surface area contributed by atoms with E-state index in [4.69, 9.17) is 5.73 Å². The number of nitrogens with one attached hydrogen (secondary N) is 2. The van der Waals surface area contributed by atoms with Crippen LogP contribution < -0.4 is 16.4 Å². The third kappa shape index (κ3) is 1.03. The van der Waals surface area contributed by atoms with Crippen molar-refractivity contribution < 1.29 is 0 Å². The van der Waals surface area contributed by atoms with Crippen molar-refractivity contribution in [2.75, 3.05) is 10.6 Å². The van der Waals surface area contributed by atoms with Gasteiger partial charge in [-0.25, -0.2) is 0 Å². The lowest BCUT2D eigenvalue weighted by molar-refractivity contribution is 0.902. The molecule has 11 heavy (non-hydrogen) atoms. The number of rotatable bonds is 0. The molecule has 1 unspecified atom stereocenters. The van der Waals surface area contributed by atoms with E-state index in [0.717, 1.165) is 11.4 Å². The van der Waals surface area contributed by atoms with Crippen molar-refractivity contribution in [3.63, 3.8) is 0 Å². The molecule has 1 aliphatic heterocycles. The molecular weight excluding hydrogens is 138 g/mol. The molecule has 58 valence electrons. The van der Waals surface area contributed by atoms with E-state index >= 15 is 0 Å². The summed E-state index contributed by atoms with van der Waals surface area (Å²) in [7, 11) is 0. The topological polar surface area (TPSA) is 50.1 Å². The zero-order valence-electron chi connectivity index (χ0n) is 6.39. The maximum absolute atomic E-state index is 5.61. The summed E-state index contributed by atoms with van der Waals surface area (Å²) in [5, 5.41) is 6.20. The van der Waals surface area contributed by atoms with Crippen molar-refractivity contribution in [2.24, 2.45) is 5.73 Å². The first-order valence-corrected chi connectivity index (χ1v) is 3.65. The van der Waals surface area contributed by atoms with E-state index in [9.17, 15) is 0 Å². The highest BCUT2D eigenvalue weighted by atomic mass is 15.3. The van der Waals surface area contributed by atoms with Gasteiger partial charge in [-0.3, -0.25) is 5.73 Å². The molecule has 1 aromatic rings. The average Bonchev–Trinajstić information content (AvgIpc) is 2.27. The largest absolute Gasteiger partial charge is 0.352 e. The van der Waals surface area contributed by atoms with Gasteiger partial charge in [-0.05, 0) is 24.6 Å².